The molecule has 32 heavy (non-hydrogen) atoms. The van der Waals surface area contributed by atoms with E-state index in [0.29, 0.717) is 22.0 Å². The molecule has 0 saturated carbocycles. The van der Waals surface area contributed by atoms with Crippen LogP contribution in [0.15, 0.2) is 76.9 Å². The summed E-state index contributed by atoms with van der Waals surface area (Å²) in [5, 5.41) is 5.38. The Hall–Kier alpha value is -3.78. The number of rotatable bonds is 5. The molecule has 5 aromatic rings. The maximum atomic E-state index is 12.5. The molecular formula is C24H20N6OS. The highest BCUT2D eigenvalue weighted by atomic mass is 32.2. The smallest absolute Gasteiger partial charge is 0.285 e. The summed E-state index contributed by atoms with van der Waals surface area (Å²) < 4.78 is 0. The number of nitrogens with zero attached hydrogens (tertiary/aromatic N) is 4. The van der Waals surface area contributed by atoms with Crippen molar-refractivity contribution < 1.29 is 0 Å². The van der Waals surface area contributed by atoms with Crippen molar-refractivity contribution in [2.45, 2.75) is 18.1 Å². The number of fused-ring (bicyclic) bond motifs is 2. The molecule has 0 fully saturated rings. The van der Waals surface area contributed by atoms with Gasteiger partial charge in [0.1, 0.15) is 11.2 Å². The number of H-pyrrole nitrogens is 1. The van der Waals surface area contributed by atoms with Gasteiger partial charge in [0.25, 0.3) is 5.56 Å². The second kappa shape index (κ2) is 8.39. The molecule has 0 spiro atoms. The van der Waals surface area contributed by atoms with E-state index in [-0.39, 0.29) is 11.6 Å². The summed E-state index contributed by atoms with van der Waals surface area (Å²) in [7, 11) is 0. The van der Waals surface area contributed by atoms with Crippen molar-refractivity contribution in [3.63, 3.8) is 0 Å². The van der Waals surface area contributed by atoms with Gasteiger partial charge in [0.2, 0.25) is 0 Å². The van der Waals surface area contributed by atoms with Gasteiger partial charge in [-0.25, -0.2) is 15.0 Å². The Morgan fingerprint density at radius 1 is 1.00 bits per heavy atom. The average Bonchev–Trinajstić information content (AvgIpc) is 2.83. The van der Waals surface area contributed by atoms with Gasteiger partial charge in [-0.3, -0.25) is 4.79 Å². The van der Waals surface area contributed by atoms with E-state index in [9.17, 15) is 4.79 Å². The Kier molecular flexibility index (Phi) is 5.28. The van der Waals surface area contributed by atoms with Gasteiger partial charge in [-0.1, -0.05) is 60.3 Å². The van der Waals surface area contributed by atoms with Crippen LogP contribution in [0, 0.1) is 0 Å². The number of hydrogen-bond acceptors (Lipinski definition) is 7. The van der Waals surface area contributed by atoms with Crippen molar-refractivity contribution in [2.24, 2.45) is 0 Å². The predicted octanol–water partition coefficient (Wildman–Crippen LogP) is 4.82. The number of aromatic nitrogens is 5. The molecule has 1 unspecified atom stereocenters. The molecule has 2 N–H and O–H groups in total. The first kappa shape index (κ1) is 20.1. The number of thioether (sulfide) groups is 1. The Bertz CT molecular complexity index is 1490. The number of benzene rings is 2. The number of para-hydroxylation sites is 1. The largest absolute Gasteiger partial charge is 0.363 e. The van der Waals surface area contributed by atoms with Gasteiger partial charge < -0.3 is 10.3 Å². The molecule has 0 aliphatic carbocycles. The monoisotopic (exact) mass is 440 g/mol. The summed E-state index contributed by atoms with van der Waals surface area (Å²) in [6.07, 6.45) is 3.25. The summed E-state index contributed by atoms with van der Waals surface area (Å²) in [5.74, 6) is 0.452. The number of anilines is 1. The molecule has 0 aliphatic heterocycles. The third-order valence-corrected chi connectivity index (χ3v) is 5.84. The quantitative estimate of drug-likeness (QED) is 0.299. The number of nitrogens with one attached hydrogen (secondary N) is 2. The topological polar surface area (TPSA) is 96.5 Å². The summed E-state index contributed by atoms with van der Waals surface area (Å²) >= 11 is 1.41. The van der Waals surface area contributed by atoms with Gasteiger partial charge >= 0.3 is 0 Å². The van der Waals surface area contributed by atoms with Gasteiger partial charge in [0.15, 0.2) is 10.8 Å². The zero-order valence-electron chi connectivity index (χ0n) is 17.5. The zero-order valence-corrected chi connectivity index (χ0v) is 18.4. The Labute approximate surface area is 188 Å². The van der Waals surface area contributed by atoms with Gasteiger partial charge in [0, 0.05) is 16.5 Å². The maximum Gasteiger partial charge on any atom is 0.285 e. The van der Waals surface area contributed by atoms with Crippen molar-refractivity contribution in [1.82, 2.24) is 24.9 Å². The van der Waals surface area contributed by atoms with E-state index in [4.69, 9.17) is 4.98 Å². The van der Waals surface area contributed by atoms with Crippen molar-refractivity contribution in [3.05, 3.63) is 82.9 Å². The molecule has 7 nitrogen and oxygen atoms in total. The molecule has 1 atom stereocenters. The molecule has 5 rings (SSSR count). The highest BCUT2D eigenvalue weighted by molar-refractivity contribution is 7.98. The van der Waals surface area contributed by atoms with E-state index < -0.39 is 0 Å². The minimum Gasteiger partial charge on any atom is -0.363 e. The first-order valence-corrected chi connectivity index (χ1v) is 11.4. The van der Waals surface area contributed by atoms with Crippen LogP contribution in [0.1, 0.15) is 18.5 Å². The van der Waals surface area contributed by atoms with Crippen LogP contribution in [0.25, 0.3) is 33.2 Å². The minimum atomic E-state index is -0.374. The highest BCUT2D eigenvalue weighted by Gasteiger charge is 2.19. The SMILES string of the molecule is CSc1nc(NC(C)c2cc3ccccc3nc2-c2ccccc2)c2c(=O)nc[nH]c2n1. The second-order valence-electron chi connectivity index (χ2n) is 7.34. The maximum absolute atomic E-state index is 12.5. The molecule has 3 heterocycles. The molecule has 0 amide bonds. The standard InChI is InChI=1S/C24H20N6OS/c1-14(27-22-19-21(25-13-26-23(19)31)29-24(30-22)32-2)17-12-16-10-6-7-11-18(16)28-20(17)15-8-4-3-5-9-15/h3-14H,1-2H3,(H2,25,26,27,29,30,31). The Morgan fingerprint density at radius 3 is 2.59 bits per heavy atom. The van der Waals surface area contributed by atoms with Gasteiger partial charge in [-0.05, 0) is 25.3 Å². The normalized spacial score (nSPS) is 12.2. The van der Waals surface area contributed by atoms with E-state index in [1.54, 1.807) is 0 Å². The van der Waals surface area contributed by atoms with Gasteiger partial charge in [-0.2, -0.15) is 4.98 Å². The lowest BCUT2D eigenvalue weighted by Gasteiger charge is -2.20. The lowest BCUT2D eigenvalue weighted by atomic mass is 9.98. The van der Waals surface area contributed by atoms with Crippen LogP contribution in [-0.2, 0) is 0 Å². The molecule has 0 saturated heterocycles. The van der Waals surface area contributed by atoms with Crippen LogP contribution in [0.3, 0.4) is 0 Å². The van der Waals surface area contributed by atoms with Crippen LogP contribution in [0.2, 0.25) is 0 Å². The fourth-order valence-electron chi connectivity index (χ4n) is 3.73. The Morgan fingerprint density at radius 2 is 1.78 bits per heavy atom. The zero-order chi connectivity index (χ0) is 22.1. The molecule has 8 heteroatoms. The van der Waals surface area contributed by atoms with Gasteiger partial charge in [0.05, 0.1) is 23.6 Å². The van der Waals surface area contributed by atoms with E-state index >= 15 is 0 Å². The molecule has 0 aliphatic rings. The minimum absolute atomic E-state index is 0.185. The first-order chi connectivity index (χ1) is 15.6. The molecule has 3 aromatic heterocycles. The summed E-state index contributed by atoms with van der Waals surface area (Å²) in [6, 6.07) is 20.1. The molecular weight excluding hydrogens is 420 g/mol. The summed E-state index contributed by atoms with van der Waals surface area (Å²) in [5.41, 5.74) is 3.94. The van der Waals surface area contributed by atoms with Crippen molar-refractivity contribution >= 4 is 39.5 Å². The van der Waals surface area contributed by atoms with Crippen molar-refractivity contribution in [1.29, 1.82) is 0 Å². The number of hydrogen-bond donors (Lipinski definition) is 2. The number of pyridine rings is 1. The summed E-state index contributed by atoms with van der Waals surface area (Å²) in [4.78, 5) is 33.3. The number of aromatic amines is 1. The van der Waals surface area contributed by atoms with Crippen LogP contribution < -0.4 is 10.9 Å². The lowest BCUT2D eigenvalue weighted by molar-refractivity contribution is 0.859. The molecule has 0 radical (unpaired) electrons. The fourth-order valence-corrected chi connectivity index (χ4v) is 4.10. The lowest BCUT2D eigenvalue weighted by Crippen LogP contribution is -2.16. The molecule has 158 valence electrons. The Balaban J connectivity index is 1.66. The van der Waals surface area contributed by atoms with Gasteiger partial charge in [-0.15, -0.1) is 0 Å². The van der Waals surface area contributed by atoms with Crippen molar-refractivity contribution in [2.75, 3.05) is 11.6 Å². The fraction of sp³-hybridized carbons (Fsp3) is 0.125. The molecule has 2 aromatic carbocycles. The highest BCUT2D eigenvalue weighted by Crippen LogP contribution is 2.32. The van der Waals surface area contributed by atoms with E-state index in [1.807, 2.05) is 67.8 Å². The predicted molar refractivity (Wildman–Crippen MR) is 129 cm³/mol. The molecule has 0 bridgehead atoms. The summed E-state index contributed by atoms with van der Waals surface area (Å²) in [6.45, 7) is 2.04. The van der Waals surface area contributed by atoms with E-state index in [0.717, 1.165) is 27.7 Å². The third-order valence-electron chi connectivity index (χ3n) is 5.29. The average molecular weight is 441 g/mol. The van der Waals surface area contributed by atoms with Crippen LogP contribution in [-0.4, -0.2) is 31.2 Å². The second-order valence-corrected chi connectivity index (χ2v) is 8.11. The third kappa shape index (κ3) is 3.69. The van der Waals surface area contributed by atoms with Crippen LogP contribution in [0.4, 0.5) is 5.82 Å². The first-order valence-electron chi connectivity index (χ1n) is 10.1. The van der Waals surface area contributed by atoms with Crippen molar-refractivity contribution in [3.8, 4) is 11.3 Å². The van der Waals surface area contributed by atoms with E-state index in [2.05, 4.69) is 31.3 Å². The van der Waals surface area contributed by atoms with E-state index in [1.165, 1.54) is 18.1 Å². The van der Waals surface area contributed by atoms with Crippen LogP contribution >= 0.6 is 11.8 Å². The van der Waals surface area contributed by atoms with Crippen LogP contribution in [0.5, 0.6) is 0 Å².